The molecule has 0 amide bonds. The molecule has 2 nitrogen and oxygen atoms in total. The molecule has 0 aliphatic heterocycles. The number of ether oxygens (including phenoxy) is 1. The third-order valence-electron chi connectivity index (χ3n) is 3.45. The lowest BCUT2D eigenvalue weighted by molar-refractivity contribution is 0.00679. The summed E-state index contributed by atoms with van der Waals surface area (Å²) in [5.41, 5.74) is 2.68. The predicted octanol–water partition coefficient (Wildman–Crippen LogP) is 6.01. The van der Waals surface area contributed by atoms with Gasteiger partial charge in [0.25, 0.3) is 0 Å². The Balaban J connectivity index is 0.000000300. The van der Waals surface area contributed by atoms with E-state index in [2.05, 4.69) is 45.0 Å². The van der Waals surface area contributed by atoms with E-state index in [0.717, 1.165) is 12.0 Å². The zero-order chi connectivity index (χ0) is 18.2. The zero-order valence-corrected chi connectivity index (χ0v) is 15.8. The van der Waals surface area contributed by atoms with Crippen LogP contribution in [0, 0.1) is 0 Å². The second kappa shape index (κ2) is 9.27. The Morgan fingerprint density at radius 3 is 1.96 bits per heavy atom. The highest BCUT2D eigenvalue weighted by atomic mass is 16.6. The van der Waals surface area contributed by atoms with Crippen molar-refractivity contribution in [2.75, 3.05) is 0 Å². The predicted molar refractivity (Wildman–Crippen MR) is 102 cm³/mol. The van der Waals surface area contributed by atoms with E-state index in [9.17, 15) is 4.79 Å². The summed E-state index contributed by atoms with van der Waals surface area (Å²) in [6.45, 7) is 11.9. The fourth-order valence-corrected chi connectivity index (χ4v) is 2.23. The first-order valence-corrected chi connectivity index (χ1v) is 8.60. The Hall–Kier alpha value is -2.09. The Kier molecular flexibility index (Phi) is 7.70. The van der Waals surface area contributed by atoms with Gasteiger partial charge in [-0.3, -0.25) is 0 Å². The molecule has 0 heterocycles. The quantitative estimate of drug-likeness (QED) is 0.645. The van der Waals surface area contributed by atoms with Gasteiger partial charge in [0.2, 0.25) is 0 Å². The summed E-state index contributed by atoms with van der Waals surface area (Å²) in [4.78, 5) is 12.0. The standard InChI is InChI=1S/C14H20O2.C8H10/c1-10(2)11-8-6-7-9-12(11)13(15)16-14(3,4)5;1-2-8-6-4-3-5-7-8/h6-10H,1-5H3;3-7H,2H2,1H3. The molecule has 0 aliphatic rings. The van der Waals surface area contributed by atoms with Crippen molar-refractivity contribution >= 4 is 5.97 Å². The van der Waals surface area contributed by atoms with Gasteiger partial charge in [0, 0.05) is 0 Å². The zero-order valence-electron chi connectivity index (χ0n) is 15.8. The van der Waals surface area contributed by atoms with E-state index in [4.69, 9.17) is 4.74 Å². The Morgan fingerprint density at radius 1 is 0.958 bits per heavy atom. The largest absolute Gasteiger partial charge is 0.456 e. The molecule has 0 aromatic heterocycles. The minimum Gasteiger partial charge on any atom is -0.456 e. The van der Waals surface area contributed by atoms with Gasteiger partial charge >= 0.3 is 5.97 Å². The monoisotopic (exact) mass is 326 g/mol. The minimum absolute atomic E-state index is 0.239. The summed E-state index contributed by atoms with van der Waals surface area (Å²) >= 11 is 0. The number of hydrogen-bond acceptors (Lipinski definition) is 2. The summed E-state index contributed by atoms with van der Waals surface area (Å²) in [6.07, 6.45) is 1.14. The van der Waals surface area contributed by atoms with Gasteiger partial charge in [0.15, 0.2) is 0 Å². The Morgan fingerprint density at radius 2 is 1.50 bits per heavy atom. The molecule has 0 saturated carbocycles. The average molecular weight is 326 g/mol. The molecule has 0 spiro atoms. The summed E-state index contributed by atoms with van der Waals surface area (Å²) in [6, 6.07) is 18.1. The first kappa shape index (κ1) is 20.0. The molecular formula is C22H30O2. The molecule has 0 atom stereocenters. The molecule has 0 saturated heterocycles. The molecule has 2 heteroatoms. The Labute approximate surface area is 146 Å². The summed E-state index contributed by atoms with van der Waals surface area (Å²) in [5.74, 6) is 0.0838. The lowest BCUT2D eigenvalue weighted by Crippen LogP contribution is -2.24. The third-order valence-corrected chi connectivity index (χ3v) is 3.45. The van der Waals surface area contributed by atoms with Crippen LogP contribution in [0.25, 0.3) is 0 Å². The van der Waals surface area contributed by atoms with Gasteiger partial charge in [-0.1, -0.05) is 69.3 Å². The fraction of sp³-hybridized carbons (Fsp3) is 0.409. The van der Waals surface area contributed by atoms with E-state index in [1.807, 2.05) is 51.1 Å². The van der Waals surface area contributed by atoms with Crippen molar-refractivity contribution < 1.29 is 9.53 Å². The van der Waals surface area contributed by atoms with Crippen LogP contribution in [0.15, 0.2) is 54.6 Å². The maximum atomic E-state index is 12.0. The average Bonchev–Trinajstić information content (AvgIpc) is 2.54. The van der Waals surface area contributed by atoms with Crippen LogP contribution in [0.2, 0.25) is 0 Å². The maximum absolute atomic E-state index is 12.0. The number of rotatable bonds is 3. The van der Waals surface area contributed by atoms with Crippen molar-refractivity contribution in [2.45, 2.75) is 59.5 Å². The van der Waals surface area contributed by atoms with Crippen molar-refractivity contribution in [1.29, 1.82) is 0 Å². The first-order valence-electron chi connectivity index (χ1n) is 8.60. The second-order valence-corrected chi connectivity index (χ2v) is 7.08. The molecule has 2 aromatic rings. The van der Waals surface area contributed by atoms with Crippen LogP contribution in [0.1, 0.15) is 68.9 Å². The molecule has 2 rings (SSSR count). The third kappa shape index (κ3) is 6.99. The topological polar surface area (TPSA) is 26.3 Å². The van der Waals surface area contributed by atoms with E-state index in [1.165, 1.54) is 5.56 Å². The van der Waals surface area contributed by atoms with Crippen molar-refractivity contribution in [1.82, 2.24) is 0 Å². The highest BCUT2D eigenvalue weighted by molar-refractivity contribution is 5.91. The molecule has 0 radical (unpaired) electrons. The smallest absolute Gasteiger partial charge is 0.338 e. The molecule has 0 bridgehead atoms. The molecule has 0 N–H and O–H groups in total. The van der Waals surface area contributed by atoms with Crippen LogP contribution in [0.3, 0.4) is 0 Å². The molecule has 2 aromatic carbocycles. The van der Waals surface area contributed by atoms with Gasteiger partial charge in [0.05, 0.1) is 5.56 Å². The van der Waals surface area contributed by atoms with E-state index < -0.39 is 5.60 Å². The van der Waals surface area contributed by atoms with Crippen LogP contribution in [0.4, 0.5) is 0 Å². The molecule has 0 fully saturated rings. The van der Waals surface area contributed by atoms with Crippen LogP contribution in [-0.2, 0) is 11.2 Å². The number of aryl methyl sites for hydroxylation is 1. The molecule has 24 heavy (non-hydrogen) atoms. The SMILES string of the molecule is CC(C)c1ccccc1C(=O)OC(C)(C)C.CCc1ccccc1. The number of esters is 1. The number of benzene rings is 2. The molecule has 0 unspecified atom stereocenters. The van der Waals surface area contributed by atoms with Gasteiger partial charge in [-0.05, 0) is 50.3 Å². The normalized spacial score (nSPS) is 10.8. The number of hydrogen-bond donors (Lipinski definition) is 0. The highest BCUT2D eigenvalue weighted by Gasteiger charge is 2.20. The lowest BCUT2D eigenvalue weighted by atomic mass is 9.97. The fourth-order valence-electron chi connectivity index (χ4n) is 2.23. The van der Waals surface area contributed by atoms with Crippen molar-refractivity contribution in [3.8, 4) is 0 Å². The molecule has 130 valence electrons. The summed E-state index contributed by atoms with van der Waals surface area (Å²) < 4.78 is 5.38. The van der Waals surface area contributed by atoms with Gasteiger partial charge < -0.3 is 4.74 Å². The van der Waals surface area contributed by atoms with Crippen molar-refractivity contribution in [2.24, 2.45) is 0 Å². The van der Waals surface area contributed by atoms with E-state index >= 15 is 0 Å². The highest BCUT2D eigenvalue weighted by Crippen LogP contribution is 2.21. The summed E-state index contributed by atoms with van der Waals surface area (Å²) in [5, 5.41) is 0. The maximum Gasteiger partial charge on any atom is 0.338 e. The van der Waals surface area contributed by atoms with Crippen molar-refractivity contribution in [3.63, 3.8) is 0 Å². The van der Waals surface area contributed by atoms with E-state index in [1.54, 1.807) is 0 Å². The Bertz CT molecular complexity index is 622. The number of carbonyl (C=O) groups excluding carboxylic acids is 1. The second-order valence-electron chi connectivity index (χ2n) is 7.08. The minimum atomic E-state index is -0.443. The van der Waals surface area contributed by atoms with Gasteiger partial charge in [-0.25, -0.2) is 4.79 Å². The van der Waals surface area contributed by atoms with Gasteiger partial charge in [0.1, 0.15) is 5.60 Å². The lowest BCUT2D eigenvalue weighted by Gasteiger charge is -2.21. The van der Waals surface area contributed by atoms with Crippen molar-refractivity contribution in [3.05, 3.63) is 71.3 Å². The molecular weight excluding hydrogens is 296 g/mol. The summed E-state index contributed by atoms with van der Waals surface area (Å²) in [7, 11) is 0. The van der Waals surface area contributed by atoms with E-state index in [0.29, 0.717) is 11.5 Å². The van der Waals surface area contributed by atoms with Crippen LogP contribution >= 0.6 is 0 Å². The van der Waals surface area contributed by atoms with Crippen LogP contribution in [-0.4, -0.2) is 11.6 Å². The van der Waals surface area contributed by atoms with Gasteiger partial charge in [-0.15, -0.1) is 0 Å². The van der Waals surface area contributed by atoms with E-state index in [-0.39, 0.29) is 5.97 Å². The van der Waals surface area contributed by atoms with Crippen LogP contribution in [0.5, 0.6) is 0 Å². The van der Waals surface area contributed by atoms with Gasteiger partial charge in [-0.2, -0.15) is 0 Å². The first-order chi connectivity index (χ1) is 11.2. The molecule has 0 aliphatic carbocycles. The number of carbonyl (C=O) groups is 1. The van der Waals surface area contributed by atoms with Crippen LogP contribution < -0.4 is 0 Å².